The molecule has 0 aliphatic heterocycles. The molecule has 58 valence electrons. The molecule has 0 rings (SSSR count). The predicted octanol–water partition coefficient (Wildman–Crippen LogP) is 2.26. The fraction of sp³-hybridized carbons (Fsp3) is 0.500. The highest BCUT2D eigenvalue weighted by Gasteiger charge is 2.00. The van der Waals surface area contributed by atoms with Gasteiger partial charge in [-0.15, -0.1) is 0 Å². The van der Waals surface area contributed by atoms with Crippen molar-refractivity contribution < 1.29 is 5.11 Å². The molecule has 0 aliphatic carbocycles. The van der Waals surface area contributed by atoms with E-state index in [1.807, 2.05) is 25.8 Å². The number of hydrogen-bond acceptors (Lipinski definition) is 2. The molecule has 10 heavy (non-hydrogen) atoms. The molecule has 0 aromatic carbocycles. The number of aliphatic hydroxyl groups is 1. The summed E-state index contributed by atoms with van der Waals surface area (Å²) in [6.45, 7) is 9.15. The van der Waals surface area contributed by atoms with Crippen LogP contribution < -0.4 is 0 Å². The highest BCUT2D eigenvalue weighted by Crippen LogP contribution is 2.09. The minimum absolute atomic E-state index is 0.338. The lowest BCUT2D eigenvalue weighted by molar-refractivity contribution is 0.375. The van der Waals surface area contributed by atoms with E-state index in [0.29, 0.717) is 5.76 Å². The number of hydrogen-bond donors (Lipinski definition) is 1. The van der Waals surface area contributed by atoms with Crippen molar-refractivity contribution in [3.8, 4) is 0 Å². The van der Waals surface area contributed by atoms with Crippen molar-refractivity contribution in [3.63, 3.8) is 0 Å². The van der Waals surface area contributed by atoms with Gasteiger partial charge in [0.2, 0.25) is 0 Å². The van der Waals surface area contributed by atoms with Crippen LogP contribution in [-0.4, -0.2) is 17.1 Å². The smallest absolute Gasteiger partial charge is 0.108 e. The predicted molar refractivity (Wildman–Crippen MR) is 43.6 cm³/mol. The van der Waals surface area contributed by atoms with E-state index in [4.69, 9.17) is 5.11 Å². The first-order chi connectivity index (χ1) is 4.46. The van der Waals surface area contributed by atoms with Crippen molar-refractivity contribution in [2.24, 2.45) is 0 Å². The van der Waals surface area contributed by atoms with Crippen molar-refractivity contribution in [3.05, 3.63) is 23.7 Å². The number of aliphatic hydroxyl groups excluding tert-OH is 1. The normalized spacial score (nSPS) is 12.4. The van der Waals surface area contributed by atoms with Crippen LogP contribution in [0.5, 0.6) is 0 Å². The Labute approximate surface area is 62.5 Å². The molecule has 2 nitrogen and oxygen atoms in total. The first-order valence-electron chi connectivity index (χ1n) is 3.22. The summed E-state index contributed by atoms with van der Waals surface area (Å²) >= 11 is 0. The Bertz CT molecular complexity index is 166. The third-order valence-corrected chi connectivity index (χ3v) is 1.60. The van der Waals surface area contributed by atoms with Gasteiger partial charge in [0, 0.05) is 12.7 Å². The van der Waals surface area contributed by atoms with Gasteiger partial charge in [-0.3, -0.25) is 0 Å². The Balaban J connectivity index is 4.37. The number of rotatable bonds is 2. The van der Waals surface area contributed by atoms with Crippen molar-refractivity contribution in [2.75, 3.05) is 7.05 Å². The summed E-state index contributed by atoms with van der Waals surface area (Å²) in [5.41, 5.74) is 1.76. The van der Waals surface area contributed by atoms with Crippen molar-refractivity contribution in [1.29, 1.82) is 0 Å². The van der Waals surface area contributed by atoms with Gasteiger partial charge in [-0.1, -0.05) is 6.58 Å². The lowest BCUT2D eigenvalue weighted by atomic mass is 10.3. The van der Waals surface area contributed by atoms with Crippen LogP contribution >= 0.6 is 0 Å². The molecule has 2 heteroatoms. The molecular weight excluding hydrogens is 126 g/mol. The summed E-state index contributed by atoms with van der Waals surface area (Å²) in [5, 5.41) is 9.04. The summed E-state index contributed by atoms with van der Waals surface area (Å²) in [4.78, 5) is 1.84. The van der Waals surface area contributed by atoms with Gasteiger partial charge in [0.15, 0.2) is 0 Å². The molecule has 0 atom stereocenters. The van der Waals surface area contributed by atoms with Crippen LogP contribution in [0.25, 0.3) is 0 Å². The van der Waals surface area contributed by atoms with Gasteiger partial charge in [-0.2, -0.15) is 0 Å². The van der Waals surface area contributed by atoms with E-state index in [1.54, 1.807) is 6.92 Å². The second-order valence-electron chi connectivity index (χ2n) is 2.47. The molecule has 0 aromatic heterocycles. The van der Waals surface area contributed by atoms with Gasteiger partial charge in [0.1, 0.15) is 5.76 Å². The lowest BCUT2D eigenvalue weighted by Crippen LogP contribution is -2.13. The standard InChI is InChI=1S/C8H15NO/c1-6(2)9(5)7(3)8(4)10/h10H,1H2,2-5H3/b8-7-. The Kier molecular flexibility index (Phi) is 3.00. The van der Waals surface area contributed by atoms with Gasteiger partial charge >= 0.3 is 0 Å². The van der Waals surface area contributed by atoms with Crippen molar-refractivity contribution >= 4 is 0 Å². The molecular formula is C8H15NO. The Morgan fingerprint density at radius 1 is 1.30 bits per heavy atom. The molecule has 0 heterocycles. The SMILES string of the molecule is C=C(C)N(C)/C(C)=C(/C)O. The average molecular weight is 141 g/mol. The van der Waals surface area contributed by atoms with E-state index in [-0.39, 0.29) is 0 Å². The van der Waals surface area contributed by atoms with Crippen LogP contribution in [0.15, 0.2) is 23.7 Å². The zero-order valence-corrected chi connectivity index (χ0v) is 7.10. The number of nitrogens with zero attached hydrogens (tertiary/aromatic N) is 1. The first-order valence-corrected chi connectivity index (χ1v) is 3.22. The van der Waals surface area contributed by atoms with Crippen LogP contribution in [-0.2, 0) is 0 Å². The Hall–Kier alpha value is -0.920. The minimum Gasteiger partial charge on any atom is -0.511 e. The first kappa shape index (κ1) is 9.08. The largest absolute Gasteiger partial charge is 0.511 e. The molecule has 0 fully saturated rings. The van der Waals surface area contributed by atoms with E-state index in [9.17, 15) is 0 Å². The molecule has 1 N–H and O–H groups in total. The second-order valence-corrected chi connectivity index (χ2v) is 2.47. The molecule has 0 saturated carbocycles. The van der Waals surface area contributed by atoms with Crippen LogP contribution in [0.1, 0.15) is 20.8 Å². The highest BCUT2D eigenvalue weighted by molar-refractivity contribution is 5.07. The zero-order chi connectivity index (χ0) is 8.31. The van der Waals surface area contributed by atoms with E-state index in [2.05, 4.69) is 6.58 Å². The maximum atomic E-state index is 9.04. The summed E-state index contributed by atoms with van der Waals surface area (Å²) in [5.74, 6) is 0.338. The van der Waals surface area contributed by atoms with Crippen molar-refractivity contribution in [2.45, 2.75) is 20.8 Å². The molecule has 0 bridgehead atoms. The van der Waals surface area contributed by atoms with Gasteiger partial charge in [-0.05, 0) is 20.8 Å². The third kappa shape index (κ3) is 2.13. The van der Waals surface area contributed by atoms with Crippen molar-refractivity contribution in [1.82, 2.24) is 4.90 Å². The van der Waals surface area contributed by atoms with Crippen LogP contribution in [0.3, 0.4) is 0 Å². The summed E-state index contributed by atoms with van der Waals surface area (Å²) in [6, 6.07) is 0. The fourth-order valence-corrected chi connectivity index (χ4v) is 0.529. The summed E-state index contributed by atoms with van der Waals surface area (Å²) in [6.07, 6.45) is 0. The van der Waals surface area contributed by atoms with E-state index < -0.39 is 0 Å². The maximum absolute atomic E-state index is 9.04. The molecule has 0 amide bonds. The minimum atomic E-state index is 0.338. The topological polar surface area (TPSA) is 23.5 Å². The molecule has 0 spiro atoms. The van der Waals surface area contributed by atoms with Gasteiger partial charge in [0.25, 0.3) is 0 Å². The molecule has 0 radical (unpaired) electrons. The quantitative estimate of drug-likeness (QED) is 0.596. The average Bonchev–Trinajstić information content (AvgIpc) is 1.84. The zero-order valence-electron chi connectivity index (χ0n) is 7.10. The van der Waals surface area contributed by atoms with Gasteiger partial charge in [0.05, 0.1) is 5.70 Å². The van der Waals surface area contributed by atoms with Gasteiger partial charge < -0.3 is 10.0 Å². The molecule has 0 aromatic rings. The van der Waals surface area contributed by atoms with Crippen LogP contribution in [0, 0.1) is 0 Å². The van der Waals surface area contributed by atoms with Crippen LogP contribution in [0.2, 0.25) is 0 Å². The summed E-state index contributed by atoms with van der Waals surface area (Å²) in [7, 11) is 1.87. The highest BCUT2D eigenvalue weighted by atomic mass is 16.3. The van der Waals surface area contributed by atoms with Crippen LogP contribution in [0.4, 0.5) is 0 Å². The van der Waals surface area contributed by atoms with E-state index in [0.717, 1.165) is 11.4 Å². The number of allylic oxidation sites excluding steroid dienone is 3. The molecule has 0 saturated heterocycles. The second kappa shape index (κ2) is 3.30. The fourth-order valence-electron chi connectivity index (χ4n) is 0.529. The Morgan fingerprint density at radius 3 is 1.80 bits per heavy atom. The molecule has 0 aliphatic rings. The van der Waals surface area contributed by atoms with Gasteiger partial charge in [-0.25, -0.2) is 0 Å². The van der Waals surface area contributed by atoms with E-state index in [1.165, 1.54) is 0 Å². The molecule has 0 unspecified atom stereocenters. The lowest BCUT2D eigenvalue weighted by Gasteiger charge is -2.19. The maximum Gasteiger partial charge on any atom is 0.108 e. The monoisotopic (exact) mass is 141 g/mol. The Morgan fingerprint density at radius 2 is 1.70 bits per heavy atom. The summed E-state index contributed by atoms with van der Waals surface area (Å²) < 4.78 is 0. The third-order valence-electron chi connectivity index (χ3n) is 1.60. The van der Waals surface area contributed by atoms with E-state index >= 15 is 0 Å².